The lowest BCUT2D eigenvalue weighted by molar-refractivity contribution is 0.0198. The molecule has 1 aromatic rings. The van der Waals surface area contributed by atoms with Crippen molar-refractivity contribution in [2.75, 3.05) is 26.9 Å². The first-order chi connectivity index (χ1) is 11.8. The quantitative estimate of drug-likeness (QED) is 0.800. The Morgan fingerprint density at radius 1 is 1.21 bits per heavy atom. The summed E-state index contributed by atoms with van der Waals surface area (Å²) < 4.78 is 16.9. The highest BCUT2D eigenvalue weighted by Crippen LogP contribution is 2.33. The van der Waals surface area contributed by atoms with E-state index in [0.717, 1.165) is 56.6 Å². The topological polar surface area (TPSA) is 56.8 Å². The molecule has 2 aliphatic heterocycles. The summed E-state index contributed by atoms with van der Waals surface area (Å²) in [7, 11) is 1.40. The van der Waals surface area contributed by atoms with E-state index in [9.17, 15) is 4.79 Å². The lowest BCUT2D eigenvalue weighted by atomic mass is 9.94. The van der Waals surface area contributed by atoms with Crippen LogP contribution in [0.5, 0.6) is 5.75 Å². The van der Waals surface area contributed by atoms with E-state index in [1.54, 1.807) is 0 Å². The number of carbonyl (C=O) groups excluding carboxylic acids is 1. The van der Waals surface area contributed by atoms with Crippen molar-refractivity contribution >= 4 is 5.97 Å². The Bertz CT molecular complexity index is 560. The SMILES string of the molecule is COC(=O)c1ccc2c(c1)OCCCCCCO[C@H]1CCN[C@H]2C1. The van der Waals surface area contributed by atoms with Crippen LogP contribution in [0.4, 0.5) is 0 Å². The minimum atomic E-state index is -0.331. The van der Waals surface area contributed by atoms with Crippen LogP contribution in [0.2, 0.25) is 0 Å². The summed E-state index contributed by atoms with van der Waals surface area (Å²) in [4.78, 5) is 11.8. The molecule has 1 saturated heterocycles. The Balaban J connectivity index is 1.86. The third kappa shape index (κ3) is 4.28. The molecule has 0 aliphatic carbocycles. The van der Waals surface area contributed by atoms with Crippen LogP contribution in [-0.4, -0.2) is 38.9 Å². The van der Waals surface area contributed by atoms with Crippen molar-refractivity contribution in [3.05, 3.63) is 29.3 Å². The molecule has 0 unspecified atom stereocenters. The van der Waals surface area contributed by atoms with Crippen LogP contribution < -0.4 is 10.1 Å². The molecule has 0 aromatic heterocycles. The van der Waals surface area contributed by atoms with Crippen molar-refractivity contribution in [2.45, 2.75) is 50.7 Å². The molecule has 2 heterocycles. The second-order valence-corrected chi connectivity index (χ2v) is 6.53. The Morgan fingerprint density at radius 2 is 2.04 bits per heavy atom. The highest BCUT2D eigenvalue weighted by atomic mass is 16.5. The van der Waals surface area contributed by atoms with Crippen LogP contribution in [0.1, 0.15) is 60.5 Å². The van der Waals surface area contributed by atoms with Gasteiger partial charge < -0.3 is 19.5 Å². The van der Waals surface area contributed by atoms with E-state index < -0.39 is 0 Å². The number of piperidine rings is 1. The predicted molar refractivity (Wildman–Crippen MR) is 91.5 cm³/mol. The molecule has 2 atom stereocenters. The van der Waals surface area contributed by atoms with Gasteiger partial charge in [0.1, 0.15) is 5.75 Å². The summed E-state index contributed by atoms with van der Waals surface area (Å²) >= 11 is 0. The Kier molecular flexibility index (Phi) is 6.10. The Morgan fingerprint density at radius 3 is 2.88 bits per heavy atom. The zero-order valence-electron chi connectivity index (χ0n) is 14.4. The molecule has 2 aliphatic rings. The molecule has 0 amide bonds. The number of benzene rings is 1. The van der Waals surface area contributed by atoms with Gasteiger partial charge in [0.25, 0.3) is 0 Å². The number of esters is 1. The van der Waals surface area contributed by atoms with Crippen LogP contribution in [0.15, 0.2) is 18.2 Å². The van der Waals surface area contributed by atoms with Gasteiger partial charge in [0.15, 0.2) is 0 Å². The molecule has 5 nitrogen and oxygen atoms in total. The number of carbonyl (C=O) groups is 1. The van der Waals surface area contributed by atoms with E-state index in [1.807, 2.05) is 18.2 Å². The van der Waals surface area contributed by atoms with Gasteiger partial charge >= 0.3 is 5.97 Å². The van der Waals surface area contributed by atoms with E-state index in [-0.39, 0.29) is 12.0 Å². The first-order valence-electron chi connectivity index (χ1n) is 8.98. The number of hydrogen-bond donors (Lipinski definition) is 1. The van der Waals surface area contributed by atoms with E-state index in [2.05, 4.69) is 5.32 Å². The molecular weight excluding hydrogens is 306 g/mol. The number of ether oxygens (including phenoxy) is 3. The maximum absolute atomic E-state index is 11.8. The fourth-order valence-electron chi connectivity index (χ4n) is 3.45. The normalized spacial score (nSPS) is 25.2. The molecule has 0 spiro atoms. The molecular formula is C19H27NO4. The van der Waals surface area contributed by atoms with Gasteiger partial charge in [-0.15, -0.1) is 0 Å². The van der Waals surface area contributed by atoms with Crippen LogP contribution in [0, 0.1) is 0 Å². The van der Waals surface area contributed by atoms with Gasteiger partial charge in [0.05, 0.1) is 25.4 Å². The molecule has 1 N–H and O–H groups in total. The Labute approximate surface area is 143 Å². The monoisotopic (exact) mass is 333 g/mol. The van der Waals surface area contributed by atoms with Gasteiger partial charge in [-0.2, -0.15) is 0 Å². The minimum absolute atomic E-state index is 0.200. The van der Waals surface area contributed by atoms with Gasteiger partial charge in [-0.25, -0.2) is 4.79 Å². The van der Waals surface area contributed by atoms with Gasteiger partial charge in [0.2, 0.25) is 0 Å². The molecule has 5 heteroatoms. The summed E-state index contributed by atoms with van der Waals surface area (Å²) in [5.41, 5.74) is 1.64. The van der Waals surface area contributed by atoms with Gasteiger partial charge in [-0.1, -0.05) is 12.5 Å². The number of methoxy groups -OCH3 is 1. The molecule has 1 aromatic carbocycles. The van der Waals surface area contributed by atoms with Crippen LogP contribution in [0.3, 0.4) is 0 Å². The molecule has 0 saturated carbocycles. The smallest absolute Gasteiger partial charge is 0.337 e. The molecule has 132 valence electrons. The highest BCUT2D eigenvalue weighted by Gasteiger charge is 2.26. The second kappa shape index (κ2) is 8.49. The maximum atomic E-state index is 11.8. The second-order valence-electron chi connectivity index (χ2n) is 6.53. The third-order valence-electron chi connectivity index (χ3n) is 4.82. The van der Waals surface area contributed by atoms with Crippen molar-refractivity contribution < 1.29 is 19.0 Å². The van der Waals surface area contributed by atoms with Crippen molar-refractivity contribution in [3.8, 4) is 5.75 Å². The lowest BCUT2D eigenvalue weighted by Gasteiger charge is -2.31. The van der Waals surface area contributed by atoms with E-state index in [1.165, 1.54) is 13.5 Å². The Hall–Kier alpha value is -1.59. The van der Waals surface area contributed by atoms with Crippen LogP contribution >= 0.6 is 0 Å². The fourth-order valence-corrected chi connectivity index (χ4v) is 3.45. The maximum Gasteiger partial charge on any atom is 0.337 e. The van der Waals surface area contributed by atoms with Crippen molar-refractivity contribution in [1.82, 2.24) is 5.32 Å². The summed E-state index contributed by atoms with van der Waals surface area (Å²) in [5.74, 6) is 0.456. The van der Waals surface area contributed by atoms with Gasteiger partial charge in [0, 0.05) is 18.2 Å². The van der Waals surface area contributed by atoms with Crippen molar-refractivity contribution in [2.24, 2.45) is 0 Å². The van der Waals surface area contributed by atoms with Crippen molar-refractivity contribution in [3.63, 3.8) is 0 Å². The van der Waals surface area contributed by atoms with Gasteiger partial charge in [-0.3, -0.25) is 0 Å². The zero-order valence-corrected chi connectivity index (χ0v) is 14.4. The fraction of sp³-hybridized carbons (Fsp3) is 0.632. The molecule has 0 radical (unpaired) electrons. The molecule has 24 heavy (non-hydrogen) atoms. The minimum Gasteiger partial charge on any atom is -0.493 e. The first kappa shape index (κ1) is 17.2. The van der Waals surface area contributed by atoms with Gasteiger partial charge in [-0.05, 0) is 50.8 Å². The van der Waals surface area contributed by atoms with E-state index in [4.69, 9.17) is 14.2 Å². The molecule has 3 rings (SSSR count). The number of rotatable bonds is 1. The first-order valence-corrected chi connectivity index (χ1v) is 8.98. The average Bonchev–Trinajstić information content (AvgIpc) is 2.63. The lowest BCUT2D eigenvalue weighted by Crippen LogP contribution is -2.36. The summed E-state index contributed by atoms with van der Waals surface area (Å²) in [6.45, 7) is 2.47. The number of hydrogen-bond acceptors (Lipinski definition) is 5. The number of nitrogens with one attached hydrogen (secondary N) is 1. The molecule has 1 fully saturated rings. The summed E-state index contributed by atoms with van der Waals surface area (Å²) in [6.07, 6.45) is 6.73. The van der Waals surface area contributed by atoms with E-state index >= 15 is 0 Å². The molecule has 2 bridgehead atoms. The largest absolute Gasteiger partial charge is 0.493 e. The average molecular weight is 333 g/mol. The van der Waals surface area contributed by atoms with Crippen molar-refractivity contribution in [1.29, 1.82) is 0 Å². The summed E-state index contributed by atoms with van der Waals surface area (Å²) in [6, 6.07) is 5.82. The summed E-state index contributed by atoms with van der Waals surface area (Å²) in [5, 5.41) is 3.56. The predicted octanol–water partition coefficient (Wildman–Crippen LogP) is 3.24. The van der Waals surface area contributed by atoms with Crippen LogP contribution in [0.25, 0.3) is 0 Å². The zero-order chi connectivity index (χ0) is 16.8. The van der Waals surface area contributed by atoms with Crippen LogP contribution in [-0.2, 0) is 9.47 Å². The van der Waals surface area contributed by atoms with E-state index in [0.29, 0.717) is 18.3 Å². The standard InChI is InChI=1S/C19H27NO4/c1-22-19(21)14-6-7-16-17-13-15(8-9-20-17)23-10-4-2-3-5-11-24-18(16)12-14/h6-7,12,15,17,20H,2-5,8-11,13H2,1H3/t15-,17-/m0/s1. The number of fused-ring (bicyclic) bond motifs is 4. The third-order valence-corrected chi connectivity index (χ3v) is 4.82. The highest BCUT2D eigenvalue weighted by molar-refractivity contribution is 5.90.